The Labute approximate surface area is 100 Å². The van der Waals surface area contributed by atoms with Crippen LogP contribution in [0.3, 0.4) is 0 Å². The minimum atomic E-state index is -0.0529. The van der Waals surface area contributed by atoms with Crippen LogP contribution < -0.4 is 5.32 Å². The molecule has 16 heavy (non-hydrogen) atoms. The van der Waals surface area contributed by atoms with E-state index in [2.05, 4.69) is 17.2 Å². The molecule has 2 rings (SSSR count). The molecule has 0 radical (unpaired) electrons. The van der Waals surface area contributed by atoms with Gasteiger partial charge in [-0.15, -0.1) is 0 Å². The standard InChI is InChI=1S/C12H15ClN2O/c1-8-3-2-4-10(8)15-12(16)9-5-6-11(13)14-7-9/h5-8,10H,2-4H2,1H3,(H,15,16). The zero-order chi connectivity index (χ0) is 11.5. The van der Waals surface area contributed by atoms with Gasteiger partial charge < -0.3 is 5.32 Å². The molecule has 1 fully saturated rings. The number of nitrogens with zero attached hydrogens (tertiary/aromatic N) is 1. The van der Waals surface area contributed by atoms with Crippen molar-refractivity contribution < 1.29 is 4.79 Å². The van der Waals surface area contributed by atoms with Crippen LogP contribution in [0.25, 0.3) is 0 Å². The number of pyridine rings is 1. The van der Waals surface area contributed by atoms with Gasteiger partial charge in [-0.3, -0.25) is 4.79 Å². The van der Waals surface area contributed by atoms with Crippen LogP contribution in [0, 0.1) is 5.92 Å². The summed E-state index contributed by atoms with van der Waals surface area (Å²) < 4.78 is 0. The number of amides is 1. The van der Waals surface area contributed by atoms with Gasteiger partial charge in [0.25, 0.3) is 5.91 Å². The van der Waals surface area contributed by atoms with Gasteiger partial charge in [0.1, 0.15) is 5.15 Å². The summed E-state index contributed by atoms with van der Waals surface area (Å²) >= 11 is 5.67. The quantitative estimate of drug-likeness (QED) is 0.805. The molecule has 1 aromatic heterocycles. The van der Waals surface area contributed by atoms with Crippen molar-refractivity contribution in [2.75, 3.05) is 0 Å². The van der Waals surface area contributed by atoms with Crippen LogP contribution in [0.5, 0.6) is 0 Å². The Hall–Kier alpha value is -1.09. The van der Waals surface area contributed by atoms with Crippen molar-refractivity contribution in [3.05, 3.63) is 29.0 Å². The van der Waals surface area contributed by atoms with Crippen molar-refractivity contribution in [3.8, 4) is 0 Å². The second-order valence-electron chi connectivity index (χ2n) is 4.36. The minimum Gasteiger partial charge on any atom is -0.349 e. The van der Waals surface area contributed by atoms with Gasteiger partial charge in [0.2, 0.25) is 0 Å². The summed E-state index contributed by atoms with van der Waals surface area (Å²) in [5, 5.41) is 3.45. The molecule has 1 aromatic rings. The SMILES string of the molecule is CC1CCCC1NC(=O)c1ccc(Cl)nc1. The summed E-state index contributed by atoms with van der Waals surface area (Å²) in [4.78, 5) is 15.8. The summed E-state index contributed by atoms with van der Waals surface area (Å²) in [5.41, 5.74) is 0.573. The van der Waals surface area contributed by atoms with E-state index >= 15 is 0 Å². The number of hydrogen-bond donors (Lipinski definition) is 1. The summed E-state index contributed by atoms with van der Waals surface area (Å²) in [6, 6.07) is 3.64. The van der Waals surface area contributed by atoms with Crippen molar-refractivity contribution >= 4 is 17.5 Å². The first-order valence-electron chi connectivity index (χ1n) is 5.59. The number of halogens is 1. The summed E-state index contributed by atoms with van der Waals surface area (Å²) in [5.74, 6) is 0.520. The Balaban J connectivity index is 2.00. The van der Waals surface area contributed by atoms with E-state index in [4.69, 9.17) is 11.6 Å². The highest BCUT2D eigenvalue weighted by Gasteiger charge is 2.25. The van der Waals surface area contributed by atoms with Crippen LogP contribution >= 0.6 is 11.6 Å². The average Bonchev–Trinajstić information content (AvgIpc) is 2.65. The fourth-order valence-electron chi connectivity index (χ4n) is 2.12. The van der Waals surface area contributed by atoms with Crippen LogP contribution in [-0.2, 0) is 0 Å². The average molecular weight is 239 g/mol. The Morgan fingerprint density at radius 3 is 2.88 bits per heavy atom. The first kappa shape index (κ1) is 11.4. The maximum Gasteiger partial charge on any atom is 0.253 e. The van der Waals surface area contributed by atoms with Crippen molar-refractivity contribution in [2.45, 2.75) is 32.2 Å². The molecule has 0 spiro atoms. The molecule has 2 unspecified atom stereocenters. The Kier molecular flexibility index (Phi) is 3.44. The highest BCUT2D eigenvalue weighted by atomic mass is 35.5. The monoisotopic (exact) mass is 238 g/mol. The molecule has 1 saturated carbocycles. The third kappa shape index (κ3) is 2.53. The molecule has 0 aromatic carbocycles. The van der Waals surface area contributed by atoms with Crippen molar-refractivity contribution in [3.63, 3.8) is 0 Å². The van der Waals surface area contributed by atoms with Gasteiger partial charge in [-0.25, -0.2) is 4.98 Å². The summed E-state index contributed by atoms with van der Waals surface area (Å²) in [7, 11) is 0. The lowest BCUT2D eigenvalue weighted by Crippen LogP contribution is -2.36. The van der Waals surface area contributed by atoms with Crippen LogP contribution in [0.1, 0.15) is 36.5 Å². The van der Waals surface area contributed by atoms with Gasteiger partial charge >= 0.3 is 0 Å². The fourth-order valence-corrected chi connectivity index (χ4v) is 2.23. The Bertz CT molecular complexity index is 377. The lowest BCUT2D eigenvalue weighted by atomic mass is 10.1. The zero-order valence-corrected chi connectivity index (χ0v) is 10.00. The highest BCUT2D eigenvalue weighted by Crippen LogP contribution is 2.25. The molecule has 1 N–H and O–H groups in total. The highest BCUT2D eigenvalue weighted by molar-refractivity contribution is 6.29. The first-order chi connectivity index (χ1) is 7.66. The second-order valence-corrected chi connectivity index (χ2v) is 4.74. The van der Waals surface area contributed by atoms with Gasteiger partial charge in [0.05, 0.1) is 5.56 Å². The number of hydrogen-bond acceptors (Lipinski definition) is 2. The molecule has 1 amide bonds. The van der Waals surface area contributed by atoms with Gasteiger partial charge in [-0.05, 0) is 30.9 Å². The minimum absolute atomic E-state index is 0.0529. The van der Waals surface area contributed by atoms with E-state index < -0.39 is 0 Å². The van der Waals surface area contributed by atoms with Gasteiger partial charge in [-0.2, -0.15) is 0 Å². The van der Waals surface area contributed by atoms with Crippen LogP contribution in [0.15, 0.2) is 18.3 Å². The fraction of sp³-hybridized carbons (Fsp3) is 0.500. The van der Waals surface area contributed by atoms with E-state index in [1.807, 2.05) is 0 Å². The maximum atomic E-state index is 11.9. The van der Waals surface area contributed by atoms with Crippen molar-refractivity contribution in [1.29, 1.82) is 0 Å². The molecule has 0 saturated heterocycles. The van der Waals surface area contributed by atoms with Crippen LogP contribution in [0.4, 0.5) is 0 Å². The van der Waals surface area contributed by atoms with E-state index in [1.165, 1.54) is 19.0 Å². The summed E-state index contributed by atoms with van der Waals surface area (Å²) in [6.45, 7) is 2.18. The van der Waals surface area contributed by atoms with E-state index in [9.17, 15) is 4.79 Å². The predicted molar refractivity (Wildman–Crippen MR) is 63.5 cm³/mol. The topological polar surface area (TPSA) is 42.0 Å². The lowest BCUT2D eigenvalue weighted by molar-refractivity contribution is 0.0929. The largest absolute Gasteiger partial charge is 0.349 e. The van der Waals surface area contributed by atoms with E-state index in [0.717, 1.165) is 6.42 Å². The molecule has 1 heterocycles. The van der Waals surface area contributed by atoms with Crippen molar-refractivity contribution in [1.82, 2.24) is 10.3 Å². The number of nitrogens with one attached hydrogen (secondary N) is 1. The third-order valence-electron chi connectivity index (χ3n) is 3.17. The molecule has 1 aliphatic carbocycles. The first-order valence-corrected chi connectivity index (χ1v) is 5.97. The smallest absolute Gasteiger partial charge is 0.253 e. The molecule has 2 atom stereocenters. The normalized spacial score (nSPS) is 24.4. The molecular weight excluding hydrogens is 224 g/mol. The number of carbonyl (C=O) groups excluding carboxylic acids is 1. The number of carbonyl (C=O) groups is 1. The second kappa shape index (κ2) is 4.83. The van der Waals surface area contributed by atoms with Gasteiger partial charge in [-0.1, -0.05) is 24.9 Å². The molecule has 3 nitrogen and oxygen atoms in total. The zero-order valence-electron chi connectivity index (χ0n) is 9.24. The maximum absolute atomic E-state index is 11.9. The molecule has 0 bridgehead atoms. The molecule has 1 aliphatic rings. The van der Waals surface area contributed by atoms with E-state index in [1.54, 1.807) is 12.1 Å². The van der Waals surface area contributed by atoms with Gasteiger partial charge in [0.15, 0.2) is 0 Å². The molecule has 86 valence electrons. The van der Waals surface area contributed by atoms with Crippen molar-refractivity contribution in [2.24, 2.45) is 5.92 Å². The van der Waals surface area contributed by atoms with E-state index in [-0.39, 0.29) is 5.91 Å². The third-order valence-corrected chi connectivity index (χ3v) is 3.39. The number of aromatic nitrogens is 1. The Morgan fingerprint density at radius 2 is 2.31 bits per heavy atom. The Morgan fingerprint density at radius 1 is 1.50 bits per heavy atom. The lowest BCUT2D eigenvalue weighted by Gasteiger charge is -2.17. The molecule has 0 aliphatic heterocycles. The van der Waals surface area contributed by atoms with Crippen LogP contribution in [-0.4, -0.2) is 16.9 Å². The van der Waals surface area contributed by atoms with Gasteiger partial charge in [0, 0.05) is 12.2 Å². The molecule has 4 heteroatoms. The summed E-state index contributed by atoms with van der Waals surface area (Å²) in [6.07, 6.45) is 4.99. The molecular formula is C12H15ClN2O. The number of rotatable bonds is 2. The van der Waals surface area contributed by atoms with Crippen LogP contribution in [0.2, 0.25) is 5.15 Å². The predicted octanol–water partition coefficient (Wildman–Crippen LogP) is 2.65. The van der Waals surface area contributed by atoms with E-state index in [0.29, 0.717) is 22.7 Å².